The van der Waals surface area contributed by atoms with Crippen LogP contribution in [0, 0.1) is 13.8 Å². The maximum absolute atomic E-state index is 13.0. The molecule has 110 valence electrons. The first-order valence-corrected chi connectivity index (χ1v) is 8.65. The molecular weight excluding hydrogens is 268 g/mol. The van der Waals surface area contributed by atoms with E-state index in [9.17, 15) is 4.79 Å². The van der Waals surface area contributed by atoms with Crippen molar-refractivity contribution in [2.24, 2.45) is 0 Å². The molecule has 3 nitrogen and oxygen atoms in total. The van der Waals surface area contributed by atoms with Gasteiger partial charge in [-0.3, -0.25) is 9.69 Å². The van der Waals surface area contributed by atoms with Gasteiger partial charge in [-0.25, -0.2) is 4.98 Å². The number of carbonyl (C=O) groups excluding carboxylic acids is 1. The number of carbonyl (C=O) groups is 1. The van der Waals surface area contributed by atoms with E-state index in [-0.39, 0.29) is 5.54 Å². The SMILES string of the molecule is Cc1nc(CC(=O)C2(N3CCCC3)CCCC2)sc1C. The Kier molecular flexibility index (Phi) is 3.95. The van der Waals surface area contributed by atoms with Gasteiger partial charge in [-0.15, -0.1) is 11.3 Å². The van der Waals surface area contributed by atoms with Gasteiger partial charge in [-0.1, -0.05) is 12.8 Å². The first-order chi connectivity index (χ1) is 9.62. The second-order valence-electron chi connectivity index (χ2n) is 6.28. The fraction of sp³-hybridized carbons (Fsp3) is 0.750. The molecule has 1 aromatic heterocycles. The van der Waals surface area contributed by atoms with E-state index in [1.165, 1.54) is 30.6 Å². The molecule has 0 bridgehead atoms. The van der Waals surface area contributed by atoms with Crippen LogP contribution >= 0.6 is 11.3 Å². The van der Waals surface area contributed by atoms with Crippen molar-refractivity contribution in [3.8, 4) is 0 Å². The maximum Gasteiger partial charge on any atom is 0.159 e. The van der Waals surface area contributed by atoms with Crippen LogP contribution < -0.4 is 0 Å². The Morgan fingerprint density at radius 1 is 1.20 bits per heavy atom. The normalized spacial score (nSPS) is 22.5. The van der Waals surface area contributed by atoms with Gasteiger partial charge >= 0.3 is 0 Å². The first-order valence-electron chi connectivity index (χ1n) is 7.83. The summed E-state index contributed by atoms with van der Waals surface area (Å²) >= 11 is 1.69. The van der Waals surface area contributed by atoms with E-state index in [0.717, 1.165) is 36.6 Å². The third kappa shape index (κ3) is 2.44. The van der Waals surface area contributed by atoms with Gasteiger partial charge in [0, 0.05) is 4.88 Å². The number of hydrogen-bond acceptors (Lipinski definition) is 4. The van der Waals surface area contributed by atoms with Crippen LogP contribution in [0.15, 0.2) is 0 Å². The van der Waals surface area contributed by atoms with Crippen molar-refractivity contribution in [1.29, 1.82) is 0 Å². The van der Waals surface area contributed by atoms with E-state index in [1.54, 1.807) is 11.3 Å². The Morgan fingerprint density at radius 3 is 2.40 bits per heavy atom. The molecule has 1 saturated carbocycles. The Hall–Kier alpha value is -0.740. The highest BCUT2D eigenvalue weighted by Crippen LogP contribution is 2.39. The zero-order chi connectivity index (χ0) is 14.2. The lowest BCUT2D eigenvalue weighted by Gasteiger charge is -2.37. The molecule has 1 aromatic rings. The van der Waals surface area contributed by atoms with Crippen molar-refractivity contribution in [2.45, 2.75) is 64.3 Å². The van der Waals surface area contributed by atoms with Gasteiger partial charge < -0.3 is 0 Å². The molecule has 3 rings (SSSR count). The Bertz CT molecular complexity index is 477. The minimum Gasteiger partial charge on any atom is -0.297 e. The topological polar surface area (TPSA) is 33.2 Å². The van der Waals surface area contributed by atoms with E-state index < -0.39 is 0 Å². The fourth-order valence-corrected chi connectivity index (χ4v) is 4.73. The number of likely N-dealkylation sites (tertiary alicyclic amines) is 1. The summed E-state index contributed by atoms with van der Waals surface area (Å²) in [6.45, 7) is 6.35. The molecule has 0 aromatic carbocycles. The van der Waals surface area contributed by atoms with Gasteiger partial charge in [0.1, 0.15) is 5.01 Å². The predicted molar refractivity (Wildman–Crippen MR) is 82.3 cm³/mol. The van der Waals surface area contributed by atoms with E-state index >= 15 is 0 Å². The molecule has 1 aliphatic heterocycles. The van der Waals surface area contributed by atoms with Crippen LogP contribution in [0.25, 0.3) is 0 Å². The monoisotopic (exact) mass is 292 g/mol. The average molecular weight is 292 g/mol. The molecule has 0 unspecified atom stereocenters. The summed E-state index contributed by atoms with van der Waals surface area (Å²) in [5.74, 6) is 0.422. The molecule has 0 radical (unpaired) electrons. The van der Waals surface area contributed by atoms with Crippen molar-refractivity contribution < 1.29 is 4.79 Å². The zero-order valence-corrected chi connectivity index (χ0v) is 13.4. The molecule has 4 heteroatoms. The lowest BCUT2D eigenvalue weighted by molar-refractivity contribution is -0.129. The van der Waals surface area contributed by atoms with Gasteiger partial charge in [0.05, 0.1) is 17.7 Å². The van der Waals surface area contributed by atoms with Crippen LogP contribution in [0.5, 0.6) is 0 Å². The third-order valence-electron chi connectivity index (χ3n) is 5.05. The molecule has 2 aliphatic rings. The van der Waals surface area contributed by atoms with Crippen molar-refractivity contribution in [3.63, 3.8) is 0 Å². The van der Waals surface area contributed by atoms with Crippen LogP contribution in [0.4, 0.5) is 0 Å². The quantitative estimate of drug-likeness (QED) is 0.854. The minimum atomic E-state index is -0.149. The van der Waals surface area contributed by atoms with E-state index in [0.29, 0.717) is 12.2 Å². The number of thiazole rings is 1. The second-order valence-corrected chi connectivity index (χ2v) is 7.57. The van der Waals surface area contributed by atoms with Crippen LogP contribution in [0.1, 0.15) is 54.1 Å². The third-order valence-corrected chi connectivity index (χ3v) is 6.12. The number of Topliss-reactive ketones (excluding diaryl/α,β-unsaturated/α-hetero) is 1. The second kappa shape index (κ2) is 5.57. The van der Waals surface area contributed by atoms with E-state index in [4.69, 9.17) is 0 Å². The lowest BCUT2D eigenvalue weighted by atomic mass is 9.88. The van der Waals surface area contributed by atoms with Gasteiger partial charge in [0.25, 0.3) is 0 Å². The number of aryl methyl sites for hydroxylation is 2. The van der Waals surface area contributed by atoms with Crippen molar-refractivity contribution >= 4 is 17.1 Å². The Labute approximate surface area is 125 Å². The summed E-state index contributed by atoms with van der Waals surface area (Å²) in [4.78, 5) is 21.3. The van der Waals surface area contributed by atoms with Gasteiger partial charge in [-0.2, -0.15) is 0 Å². The number of nitrogens with zero attached hydrogens (tertiary/aromatic N) is 2. The van der Waals surface area contributed by atoms with E-state index in [1.807, 2.05) is 6.92 Å². The summed E-state index contributed by atoms with van der Waals surface area (Å²) in [6, 6.07) is 0. The summed E-state index contributed by atoms with van der Waals surface area (Å²) in [5.41, 5.74) is 0.934. The molecule has 2 fully saturated rings. The molecular formula is C16H24N2OS. The van der Waals surface area contributed by atoms with Gasteiger partial charge in [0.15, 0.2) is 5.78 Å². The Balaban J connectivity index is 1.79. The first kappa shape index (κ1) is 14.2. The maximum atomic E-state index is 13.0. The smallest absolute Gasteiger partial charge is 0.159 e. The minimum absolute atomic E-state index is 0.149. The Morgan fingerprint density at radius 2 is 1.85 bits per heavy atom. The van der Waals surface area contributed by atoms with E-state index in [2.05, 4.69) is 16.8 Å². The molecule has 2 heterocycles. The summed E-state index contributed by atoms with van der Waals surface area (Å²) in [5, 5.41) is 1.01. The number of rotatable bonds is 4. The predicted octanol–water partition coefficient (Wildman–Crippen LogP) is 3.28. The van der Waals surface area contributed by atoms with Crippen molar-refractivity contribution in [2.75, 3.05) is 13.1 Å². The van der Waals surface area contributed by atoms with Crippen molar-refractivity contribution in [1.82, 2.24) is 9.88 Å². The number of aromatic nitrogens is 1. The number of hydrogen-bond donors (Lipinski definition) is 0. The summed E-state index contributed by atoms with van der Waals surface area (Å²) < 4.78 is 0. The molecule has 20 heavy (non-hydrogen) atoms. The van der Waals surface area contributed by atoms with Crippen molar-refractivity contribution in [3.05, 3.63) is 15.6 Å². The molecule has 0 atom stereocenters. The van der Waals surface area contributed by atoms with Gasteiger partial charge in [0.2, 0.25) is 0 Å². The summed E-state index contributed by atoms with van der Waals surface area (Å²) in [7, 11) is 0. The van der Waals surface area contributed by atoms with Crippen LogP contribution in [0.3, 0.4) is 0 Å². The zero-order valence-electron chi connectivity index (χ0n) is 12.6. The van der Waals surface area contributed by atoms with Crippen LogP contribution in [-0.4, -0.2) is 34.3 Å². The van der Waals surface area contributed by atoms with Crippen LogP contribution in [-0.2, 0) is 11.2 Å². The lowest BCUT2D eigenvalue weighted by Crippen LogP contribution is -2.52. The fourth-order valence-electron chi connectivity index (χ4n) is 3.79. The largest absolute Gasteiger partial charge is 0.297 e. The highest BCUT2D eigenvalue weighted by atomic mass is 32.1. The summed E-state index contributed by atoms with van der Waals surface area (Å²) in [6.07, 6.45) is 7.59. The molecule has 1 aliphatic carbocycles. The molecule has 0 spiro atoms. The standard InChI is InChI=1S/C16H24N2OS/c1-12-13(2)20-15(17-12)11-14(19)16(7-3-4-8-16)18-9-5-6-10-18/h3-11H2,1-2H3. The molecule has 0 amide bonds. The van der Waals surface area contributed by atoms with Crippen LogP contribution in [0.2, 0.25) is 0 Å². The molecule has 0 N–H and O–H groups in total. The number of ketones is 1. The van der Waals surface area contributed by atoms with Gasteiger partial charge in [-0.05, 0) is 52.6 Å². The highest BCUT2D eigenvalue weighted by molar-refractivity contribution is 7.11. The molecule has 1 saturated heterocycles. The average Bonchev–Trinajstić information content (AvgIpc) is 3.12. The highest BCUT2D eigenvalue weighted by Gasteiger charge is 2.46.